The van der Waals surface area contributed by atoms with Gasteiger partial charge in [-0.25, -0.2) is 4.79 Å². The van der Waals surface area contributed by atoms with Gasteiger partial charge in [0.05, 0.1) is 13.7 Å². The Kier molecular flexibility index (Phi) is 5.01. The highest BCUT2D eigenvalue weighted by atomic mass is 16.6. The lowest BCUT2D eigenvalue weighted by molar-refractivity contribution is 0.0193. The number of hydrogen-bond donors (Lipinski definition) is 0. The summed E-state index contributed by atoms with van der Waals surface area (Å²) in [6.45, 7) is 7.35. The van der Waals surface area contributed by atoms with E-state index in [0.29, 0.717) is 31.1 Å². The number of aromatic nitrogens is 3. The maximum Gasteiger partial charge on any atom is 0.410 e. The van der Waals surface area contributed by atoms with Crippen LogP contribution in [0.25, 0.3) is 0 Å². The smallest absolute Gasteiger partial charge is 0.410 e. The molecule has 0 fully saturated rings. The van der Waals surface area contributed by atoms with Crippen molar-refractivity contribution in [3.63, 3.8) is 0 Å². The summed E-state index contributed by atoms with van der Waals surface area (Å²) in [5.41, 5.74) is -0.518. The molecule has 8 heteroatoms. The minimum absolute atomic E-state index is 0.278. The molecule has 0 spiro atoms. The first kappa shape index (κ1) is 18.0. The van der Waals surface area contributed by atoms with Crippen molar-refractivity contribution in [1.29, 1.82) is 0 Å². The summed E-state index contributed by atoms with van der Waals surface area (Å²) < 4.78 is 18.5. The molecule has 1 amide bonds. The fourth-order valence-corrected chi connectivity index (χ4v) is 2.69. The van der Waals surface area contributed by atoms with Gasteiger partial charge in [0.1, 0.15) is 12.2 Å². The second-order valence-electron chi connectivity index (χ2n) is 7.03. The van der Waals surface area contributed by atoms with Gasteiger partial charge < -0.3 is 18.8 Å². The molecule has 140 valence electrons. The summed E-state index contributed by atoms with van der Waals surface area (Å²) >= 11 is 0. The van der Waals surface area contributed by atoms with Crippen LogP contribution < -0.4 is 9.47 Å². The summed E-state index contributed by atoms with van der Waals surface area (Å²) in [5.74, 6) is 2.76. The van der Waals surface area contributed by atoms with Gasteiger partial charge in [-0.2, -0.15) is 0 Å². The molecule has 3 rings (SSSR count). The molecule has 8 nitrogen and oxygen atoms in total. The van der Waals surface area contributed by atoms with Crippen molar-refractivity contribution in [1.82, 2.24) is 19.7 Å². The summed E-state index contributed by atoms with van der Waals surface area (Å²) in [6.07, 6.45) is -0.335. The molecule has 1 aromatic heterocycles. The molecule has 1 aromatic carbocycles. The number of rotatable bonds is 4. The molecule has 1 aliphatic rings. The lowest BCUT2D eigenvalue weighted by Gasteiger charge is -2.30. The topological polar surface area (TPSA) is 78.7 Å². The minimum atomic E-state index is -0.518. The molecule has 2 aromatic rings. The standard InChI is InChI=1S/C18H24N4O4/c1-18(2,3)26-17(23)21-9-10-22-15(11-21)19-20-16(22)12-25-14-8-6-5-7-13(14)24-4/h5-8H,9-12H2,1-4H3. The Morgan fingerprint density at radius 1 is 1.15 bits per heavy atom. The van der Waals surface area contributed by atoms with Crippen LogP contribution in [0.1, 0.15) is 32.4 Å². The van der Waals surface area contributed by atoms with E-state index in [0.717, 1.165) is 11.6 Å². The predicted octanol–water partition coefficient (Wildman–Crippen LogP) is 2.62. The molecule has 0 radical (unpaired) electrons. The zero-order valence-corrected chi connectivity index (χ0v) is 15.6. The third-order valence-corrected chi connectivity index (χ3v) is 3.91. The van der Waals surface area contributed by atoms with Crippen LogP contribution in [0.2, 0.25) is 0 Å². The molecule has 0 bridgehead atoms. The quantitative estimate of drug-likeness (QED) is 0.834. The summed E-state index contributed by atoms with van der Waals surface area (Å²) in [7, 11) is 1.60. The maximum atomic E-state index is 12.2. The molecule has 0 N–H and O–H groups in total. The Morgan fingerprint density at radius 3 is 2.58 bits per heavy atom. The highest BCUT2D eigenvalue weighted by Gasteiger charge is 2.28. The van der Waals surface area contributed by atoms with Crippen LogP contribution in [-0.4, -0.2) is 45.0 Å². The number of para-hydroxylation sites is 2. The average molecular weight is 360 g/mol. The van der Waals surface area contributed by atoms with E-state index in [1.807, 2.05) is 49.6 Å². The largest absolute Gasteiger partial charge is 0.493 e. The van der Waals surface area contributed by atoms with Crippen LogP contribution in [0.5, 0.6) is 11.5 Å². The van der Waals surface area contributed by atoms with E-state index in [4.69, 9.17) is 14.2 Å². The number of benzene rings is 1. The number of carbonyl (C=O) groups excluding carboxylic acids is 1. The molecular formula is C18H24N4O4. The van der Waals surface area contributed by atoms with Crippen molar-refractivity contribution in [2.75, 3.05) is 13.7 Å². The lowest BCUT2D eigenvalue weighted by atomic mass is 10.2. The Balaban J connectivity index is 1.65. The van der Waals surface area contributed by atoms with Crippen molar-refractivity contribution < 1.29 is 19.0 Å². The zero-order valence-electron chi connectivity index (χ0n) is 15.6. The van der Waals surface area contributed by atoms with Gasteiger partial charge in [0, 0.05) is 13.1 Å². The number of carbonyl (C=O) groups is 1. The lowest BCUT2D eigenvalue weighted by Crippen LogP contribution is -2.41. The van der Waals surface area contributed by atoms with E-state index >= 15 is 0 Å². The number of fused-ring (bicyclic) bond motifs is 1. The van der Waals surface area contributed by atoms with E-state index in [1.54, 1.807) is 12.0 Å². The Morgan fingerprint density at radius 2 is 1.88 bits per heavy atom. The third kappa shape index (κ3) is 4.07. The van der Waals surface area contributed by atoms with Crippen LogP contribution in [0.15, 0.2) is 24.3 Å². The van der Waals surface area contributed by atoms with Crippen molar-refractivity contribution in [2.45, 2.75) is 46.1 Å². The van der Waals surface area contributed by atoms with E-state index in [-0.39, 0.29) is 12.7 Å². The van der Waals surface area contributed by atoms with Gasteiger partial charge >= 0.3 is 6.09 Å². The monoisotopic (exact) mass is 360 g/mol. The van der Waals surface area contributed by atoms with Crippen molar-refractivity contribution >= 4 is 6.09 Å². The van der Waals surface area contributed by atoms with E-state index in [2.05, 4.69) is 10.2 Å². The van der Waals surface area contributed by atoms with E-state index in [1.165, 1.54) is 0 Å². The fourth-order valence-electron chi connectivity index (χ4n) is 2.69. The molecule has 0 atom stereocenters. The first-order valence-corrected chi connectivity index (χ1v) is 8.52. The molecule has 1 aliphatic heterocycles. The highest BCUT2D eigenvalue weighted by molar-refractivity contribution is 5.68. The first-order chi connectivity index (χ1) is 12.4. The van der Waals surface area contributed by atoms with Crippen LogP contribution in [0, 0.1) is 0 Å². The molecule has 0 unspecified atom stereocenters. The number of amides is 1. The summed E-state index contributed by atoms with van der Waals surface area (Å²) in [4.78, 5) is 13.9. The molecule has 0 aliphatic carbocycles. The van der Waals surface area contributed by atoms with Crippen LogP contribution in [0.3, 0.4) is 0 Å². The van der Waals surface area contributed by atoms with Crippen LogP contribution in [0.4, 0.5) is 4.79 Å². The third-order valence-electron chi connectivity index (χ3n) is 3.91. The summed E-state index contributed by atoms with van der Waals surface area (Å²) in [6, 6.07) is 7.45. The van der Waals surface area contributed by atoms with Crippen molar-refractivity contribution in [3.8, 4) is 11.5 Å². The van der Waals surface area contributed by atoms with Gasteiger partial charge in [0.15, 0.2) is 23.1 Å². The number of ether oxygens (including phenoxy) is 3. The molecule has 26 heavy (non-hydrogen) atoms. The molecule has 0 saturated carbocycles. The fraction of sp³-hybridized carbons (Fsp3) is 0.500. The normalized spacial score (nSPS) is 13.9. The summed E-state index contributed by atoms with van der Waals surface area (Å²) in [5, 5.41) is 8.40. The average Bonchev–Trinajstić information content (AvgIpc) is 3.01. The van der Waals surface area contributed by atoms with Gasteiger partial charge in [-0.1, -0.05) is 12.1 Å². The predicted molar refractivity (Wildman–Crippen MR) is 94.0 cm³/mol. The van der Waals surface area contributed by atoms with Crippen molar-refractivity contribution in [2.24, 2.45) is 0 Å². The van der Waals surface area contributed by atoms with Gasteiger partial charge in [-0.15, -0.1) is 10.2 Å². The number of hydrogen-bond acceptors (Lipinski definition) is 6. The Hall–Kier alpha value is -2.77. The Bertz CT molecular complexity index is 782. The van der Waals surface area contributed by atoms with Crippen molar-refractivity contribution in [3.05, 3.63) is 35.9 Å². The van der Waals surface area contributed by atoms with Gasteiger partial charge in [-0.3, -0.25) is 4.90 Å². The number of nitrogens with zero attached hydrogens (tertiary/aromatic N) is 4. The van der Waals surface area contributed by atoms with E-state index < -0.39 is 5.60 Å². The molecular weight excluding hydrogens is 336 g/mol. The number of methoxy groups -OCH3 is 1. The second-order valence-corrected chi connectivity index (χ2v) is 7.03. The van der Waals surface area contributed by atoms with E-state index in [9.17, 15) is 4.79 Å². The van der Waals surface area contributed by atoms with Crippen LogP contribution >= 0.6 is 0 Å². The molecule has 2 heterocycles. The van der Waals surface area contributed by atoms with Gasteiger partial charge in [0.2, 0.25) is 0 Å². The maximum absolute atomic E-state index is 12.2. The van der Waals surface area contributed by atoms with Gasteiger partial charge in [-0.05, 0) is 32.9 Å². The highest BCUT2D eigenvalue weighted by Crippen LogP contribution is 2.26. The minimum Gasteiger partial charge on any atom is -0.493 e. The first-order valence-electron chi connectivity index (χ1n) is 8.52. The SMILES string of the molecule is COc1ccccc1OCc1nnc2n1CCN(C(=O)OC(C)(C)C)C2. The molecule has 0 saturated heterocycles. The van der Waals surface area contributed by atoms with Gasteiger partial charge in [0.25, 0.3) is 0 Å². The Labute approximate surface area is 152 Å². The zero-order chi connectivity index (χ0) is 18.7. The van der Waals surface area contributed by atoms with Crippen LogP contribution in [-0.2, 0) is 24.4 Å². The second kappa shape index (κ2) is 7.23.